The Hall–Kier alpha value is -1.09. The Balaban J connectivity index is 3.47. The molecule has 4 nitrogen and oxygen atoms in total. The summed E-state index contributed by atoms with van der Waals surface area (Å²) in [5.41, 5.74) is 0.155. The van der Waals surface area contributed by atoms with Crippen molar-refractivity contribution >= 4 is 21.6 Å². The van der Waals surface area contributed by atoms with E-state index < -0.39 is 15.6 Å². The zero-order valence-corrected chi connectivity index (χ0v) is 12.3. The summed E-state index contributed by atoms with van der Waals surface area (Å²) >= 11 is 5.96. The molecule has 6 heteroatoms. The van der Waals surface area contributed by atoms with Gasteiger partial charge in [0.1, 0.15) is 11.0 Å². The molecule has 0 spiro atoms. The van der Waals surface area contributed by atoms with Crippen molar-refractivity contribution in [2.24, 2.45) is 0 Å². The van der Waals surface area contributed by atoms with Gasteiger partial charge in [0.15, 0.2) is 0 Å². The highest BCUT2D eigenvalue weighted by Gasteiger charge is 2.27. The first-order valence-corrected chi connectivity index (χ1v) is 7.17. The molecule has 0 bridgehead atoms. The van der Waals surface area contributed by atoms with Gasteiger partial charge < -0.3 is 0 Å². The number of nitrogens with zero attached hydrogens (tertiary/aromatic N) is 1. The van der Waals surface area contributed by atoms with Crippen molar-refractivity contribution in [2.45, 2.75) is 38.1 Å². The lowest BCUT2D eigenvalue weighted by Gasteiger charge is -2.21. The predicted molar refractivity (Wildman–Crippen MR) is 71.0 cm³/mol. The molecule has 1 aromatic rings. The van der Waals surface area contributed by atoms with E-state index in [0.717, 1.165) is 5.56 Å². The number of aryl methyl sites for hydroxylation is 1. The van der Waals surface area contributed by atoms with Crippen LogP contribution in [-0.4, -0.2) is 14.0 Å². The maximum Gasteiger partial charge on any atom is 0.243 e. The summed E-state index contributed by atoms with van der Waals surface area (Å²) < 4.78 is 26.9. The summed E-state index contributed by atoms with van der Waals surface area (Å²) in [6.45, 7) is 6.91. The third-order valence-electron chi connectivity index (χ3n) is 2.02. The minimum Gasteiger partial charge on any atom is -0.207 e. The third-order valence-corrected chi connectivity index (χ3v) is 4.29. The van der Waals surface area contributed by atoms with Crippen LogP contribution in [0.4, 0.5) is 0 Å². The van der Waals surface area contributed by atoms with Crippen molar-refractivity contribution in [1.29, 1.82) is 5.26 Å². The highest BCUT2D eigenvalue weighted by Crippen LogP contribution is 2.27. The summed E-state index contributed by atoms with van der Waals surface area (Å²) in [5.74, 6) is 0. The van der Waals surface area contributed by atoms with Gasteiger partial charge in [0.05, 0.1) is 10.6 Å². The molecule has 0 aliphatic rings. The number of halogens is 1. The number of benzene rings is 1. The number of sulfonamides is 1. The van der Waals surface area contributed by atoms with E-state index in [1.165, 1.54) is 12.1 Å². The molecule has 1 N–H and O–H groups in total. The van der Waals surface area contributed by atoms with Gasteiger partial charge in [0.2, 0.25) is 10.0 Å². The number of hydrogen-bond acceptors (Lipinski definition) is 3. The van der Waals surface area contributed by atoms with Crippen LogP contribution in [0.25, 0.3) is 0 Å². The van der Waals surface area contributed by atoms with E-state index >= 15 is 0 Å². The molecule has 0 unspecified atom stereocenters. The molecular formula is C12H15ClN2O2S. The molecule has 0 saturated heterocycles. The van der Waals surface area contributed by atoms with Crippen LogP contribution in [0.3, 0.4) is 0 Å². The van der Waals surface area contributed by atoms with Crippen LogP contribution in [0, 0.1) is 18.3 Å². The number of nitrogens with one attached hydrogen (secondary N) is 1. The maximum absolute atomic E-state index is 12.2. The van der Waals surface area contributed by atoms with Gasteiger partial charge >= 0.3 is 0 Å². The van der Waals surface area contributed by atoms with Gasteiger partial charge in [-0.25, -0.2) is 13.1 Å². The summed E-state index contributed by atoms with van der Waals surface area (Å²) in [7, 11) is -3.81. The summed E-state index contributed by atoms with van der Waals surface area (Å²) in [6, 6.07) is 4.90. The molecular weight excluding hydrogens is 272 g/mol. The first-order chi connectivity index (χ1) is 8.07. The topological polar surface area (TPSA) is 70.0 Å². The van der Waals surface area contributed by atoms with Crippen LogP contribution in [0.2, 0.25) is 5.02 Å². The third kappa shape index (κ3) is 3.45. The molecule has 0 aliphatic heterocycles. The molecule has 0 aliphatic carbocycles. The molecule has 1 rings (SSSR count). The zero-order valence-electron chi connectivity index (χ0n) is 10.7. The Morgan fingerprint density at radius 3 is 2.33 bits per heavy atom. The van der Waals surface area contributed by atoms with Crippen LogP contribution in [0.1, 0.15) is 31.9 Å². The van der Waals surface area contributed by atoms with Gasteiger partial charge in [-0.05, 0) is 45.4 Å². The van der Waals surface area contributed by atoms with Gasteiger partial charge in [-0.1, -0.05) is 11.6 Å². The van der Waals surface area contributed by atoms with Crippen LogP contribution < -0.4 is 4.72 Å². The second-order valence-electron chi connectivity index (χ2n) is 5.09. The van der Waals surface area contributed by atoms with E-state index in [9.17, 15) is 8.42 Å². The van der Waals surface area contributed by atoms with Crippen molar-refractivity contribution in [1.82, 2.24) is 4.72 Å². The normalized spacial score (nSPS) is 12.2. The first kappa shape index (κ1) is 15.0. The van der Waals surface area contributed by atoms with Crippen molar-refractivity contribution in [2.75, 3.05) is 0 Å². The molecule has 1 aromatic carbocycles. The van der Waals surface area contributed by atoms with Gasteiger partial charge in [-0.3, -0.25) is 0 Å². The Labute approximate surface area is 113 Å². The minimum absolute atomic E-state index is 0.0525. The number of rotatable bonds is 2. The van der Waals surface area contributed by atoms with Gasteiger partial charge in [-0.2, -0.15) is 5.26 Å². The maximum atomic E-state index is 12.2. The zero-order chi connectivity index (χ0) is 14.1. The van der Waals surface area contributed by atoms with E-state index in [4.69, 9.17) is 16.9 Å². The van der Waals surface area contributed by atoms with Crippen LogP contribution in [-0.2, 0) is 10.0 Å². The second-order valence-corrected chi connectivity index (χ2v) is 7.12. The van der Waals surface area contributed by atoms with Gasteiger partial charge in [-0.15, -0.1) is 0 Å². The molecule has 0 radical (unpaired) electrons. The molecule has 0 amide bonds. The fraction of sp³-hybridized carbons (Fsp3) is 0.417. The molecule has 0 fully saturated rings. The summed E-state index contributed by atoms with van der Waals surface area (Å²) in [5, 5.41) is 9.09. The quantitative estimate of drug-likeness (QED) is 0.908. The summed E-state index contributed by atoms with van der Waals surface area (Å²) in [6.07, 6.45) is 0. The van der Waals surface area contributed by atoms with Crippen LogP contribution >= 0.6 is 11.6 Å². The van der Waals surface area contributed by atoms with Crippen molar-refractivity contribution in [3.63, 3.8) is 0 Å². The second kappa shape index (κ2) is 4.88. The average molecular weight is 287 g/mol. The number of nitriles is 1. The van der Waals surface area contributed by atoms with E-state index in [-0.39, 0.29) is 15.5 Å². The lowest BCUT2D eigenvalue weighted by molar-refractivity contribution is 0.491. The fourth-order valence-corrected chi connectivity index (χ4v) is 3.74. The molecule has 0 heterocycles. The Morgan fingerprint density at radius 2 is 1.89 bits per heavy atom. The van der Waals surface area contributed by atoms with Gasteiger partial charge in [0, 0.05) is 5.54 Å². The molecule has 18 heavy (non-hydrogen) atoms. The first-order valence-electron chi connectivity index (χ1n) is 5.31. The smallest absolute Gasteiger partial charge is 0.207 e. The Kier molecular flexibility index (Phi) is 4.06. The molecule has 0 saturated carbocycles. The van der Waals surface area contributed by atoms with Crippen molar-refractivity contribution < 1.29 is 8.42 Å². The van der Waals surface area contributed by atoms with Crippen molar-refractivity contribution in [3.8, 4) is 6.07 Å². The molecule has 98 valence electrons. The van der Waals surface area contributed by atoms with Crippen LogP contribution in [0.15, 0.2) is 17.0 Å². The highest BCUT2D eigenvalue weighted by molar-refractivity contribution is 7.89. The lowest BCUT2D eigenvalue weighted by Crippen LogP contribution is -2.40. The highest BCUT2D eigenvalue weighted by atomic mass is 35.5. The predicted octanol–water partition coefficient (Wildman–Crippen LogP) is 2.60. The monoisotopic (exact) mass is 286 g/mol. The van der Waals surface area contributed by atoms with Crippen LogP contribution in [0.5, 0.6) is 0 Å². The Bertz CT molecular complexity index is 610. The number of hydrogen-bond donors (Lipinski definition) is 1. The van der Waals surface area contributed by atoms with E-state index in [2.05, 4.69) is 4.72 Å². The minimum atomic E-state index is -3.81. The average Bonchev–Trinajstić information content (AvgIpc) is 2.11. The van der Waals surface area contributed by atoms with E-state index in [0.29, 0.717) is 0 Å². The standard InChI is InChI=1S/C12H15ClN2O2S/c1-8-5-9(7-14)11(10(13)6-8)18(16,17)15-12(2,3)4/h5-6,15H,1-4H3. The summed E-state index contributed by atoms with van der Waals surface area (Å²) in [4.78, 5) is -0.160. The van der Waals surface area contributed by atoms with Gasteiger partial charge in [0.25, 0.3) is 0 Å². The fourth-order valence-electron chi connectivity index (χ4n) is 1.54. The van der Waals surface area contributed by atoms with E-state index in [1.807, 2.05) is 6.07 Å². The molecule has 0 aromatic heterocycles. The molecule has 0 atom stereocenters. The largest absolute Gasteiger partial charge is 0.243 e. The Morgan fingerprint density at radius 1 is 1.33 bits per heavy atom. The van der Waals surface area contributed by atoms with E-state index in [1.54, 1.807) is 27.7 Å². The SMILES string of the molecule is Cc1cc(Cl)c(S(=O)(=O)NC(C)(C)C)c(C#N)c1. The lowest BCUT2D eigenvalue weighted by atomic mass is 10.1. The van der Waals surface area contributed by atoms with Crippen molar-refractivity contribution in [3.05, 3.63) is 28.3 Å².